The number of hydrogen-bond acceptors (Lipinski definition) is 3. The predicted molar refractivity (Wildman–Crippen MR) is 115 cm³/mol. The summed E-state index contributed by atoms with van der Waals surface area (Å²) in [5.74, 6) is -0.458. The summed E-state index contributed by atoms with van der Waals surface area (Å²) in [6, 6.07) is 10.9. The van der Waals surface area contributed by atoms with Gasteiger partial charge in [-0.05, 0) is 53.8 Å². The molecule has 30 heavy (non-hydrogen) atoms. The molecule has 0 saturated heterocycles. The average molecular weight is 471 g/mol. The van der Waals surface area contributed by atoms with E-state index in [1.54, 1.807) is 36.5 Å². The first-order chi connectivity index (χ1) is 14.4. The molecule has 0 spiro atoms. The number of carbonyl (C=O) groups is 2. The molecular weight excluding hydrogens is 451 g/mol. The van der Waals surface area contributed by atoms with Crippen molar-refractivity contribution in [2.45, 2.75) is 25.3 Å². The quantitative estimate of drug-likeness (QED) is 0.630. The van der Waals surface area contributed by atoms with Gasteiger partial charge in [0.15, 0.2) is 0 Å². The fourth-order valence-corrected chi connectivity index (χ4v) is 3.93. The van der Waals surface area contributed by atoms with Crippen molar-refractivity contribution in [3.8, 4) is 0 Å². The lowest BCUT2D eigenvalue weighted by Gasteiger charge is -2.22. The Morgan fingerprint density at radius 2 is 2.00 bits per heavy atom. The summed E-state index contributed by atoms with van der Waals surface area (Å²) in [4.78, 5) is 27.2. The van der Waals surface area contributed by atoms with Crippen molar-refractivity contribution in [2.75, 3.05) is 11.9 Å². The number of rotatable bonds is 3. The summed E-state index contributed by atoms with van der Waals surface area (Å²) in [6.45, 7) is 0. The van der Waals surface area contributed by atoms with E-state index < -0.39 is 12.1 Å². The van der Waals surface area contributed by atoms with Crippen molar-refractivity contribution in [2.24, 2.45) is 0 Å². The first-order valence-corrected chi connectivity index (χ1v) is 10.3. The molecule has 0 bridgehead atoms. The van der Waals surface area contributed by atoms with Crippen LogP contribution in [0.5, 0.6) is 0 Å². The van der Waals surface area contributed by atoms with Crippen LogP contribution in [0.4, 0.5) is 14.9 Å². The lowest BCUT2D eigenvalue weighted by molar-refractivity contribution is -0.120. The van der Waals surface area contributed by atoms with E-state index in [0.29, 0.717) is 19.3 Å². The maximum Gasteiger partial charge on any atom is 0.342 e. The van der Waals surface area contributed by atoms with Gasteiger partial charge in [-0.2, -0.15) is 9.78 Å². The van der Waals surface area contributed by atoms with Crippen molar-refractivity contribution in [1.82, 2.24) is 15.1 Å². The van der Waals surface area contributed by atoms with Crippen LogP contribution in [-0.4, -0.2) is 34.8 Å². The number of benzene rings is 2. The van der Waals surface area contributed by atoms with E-state index in [2.05, 4.69) is 26.3 Å². The number of aromatic nitrogens is 2. The van der Waals surface area contributed by atoms with Crippen molar-refractivity contribution in [1.29, 1.82) is 0 Å². The van der Waals surface area contributed by atoms with Gasteiger partial charge in [-0.3, -0.25) is 4.79 Å². The van der Waals surface area contributed by atoms with Crippen LogP contribution >= 0.6 is 15.9 Å². The lowest BCUT2D eigenvalue weighted by atomic mass is 10.1. The molecule has 1 N–H and O–H groups in total. The SMILES string of the molecule is CN1C(=O)[C@@H](NC(=O)n2cc(Cc3ccc(F)cc3)cn2)CCc2ccc(Br)cc21. The molecule has 4 rings (SSSR count). The fraction of sp³-hybridized carbons (Fsp3) is 0.227. The molecule has 6 nitrogen and oxygen atoms in total. The highest BCUT2D eigenvalue weighted by atomic mass is 79.9. The Morgan fingerprint density at radius 1 is 1.23 bits per heavy atom. The molecule has 0 radical (unpaired) electrons. The number of amides is 2. The maximum atomic E-state index is 13.0. The average Bonchev–Trinajstić information content (AvgIpc) is 3.17. The second-order valence-corrected chi connectivity index (χ2v) is 8.22. The number of nitrogens with one attached hydrogen (secondary N) is 1. The monoisotopic (exact) mass is 470 g/mol. The molecule has 0 aliphatic carbocycles. The minimum atomic E-state index is -0.640. The minimum absolute atomic E-state index is 0.168. The summed E-state index contributed by atoms with van der Waals surface area (Å²) < 4.78 is 15.1. The molecule has 3 aromatic rings. The summed E-state index contributed by atoms with van der Waals surface area (Å²) in [5.41, 5.74) is 3.64. The third-order valence-corrected chi connectivity index (χ3v) is 5.70. The van der Waals surface area contributed by atoms with Gasteiger partial charge in [-0.25, -0.2) is 9.18 Å². The van der Waals surface area contributed by atoms with Crippen LogP contribution in [0.1, 0.15) is 23.1 Å². The molecule has 0 unspecified atom stereocenters. The molecule has 2 aromatic carbocycles. The maximum absolute atomic E-state index is 13.0. The molecule has 1 atom stereocenters. The van der Waals surface area contributed by atoms with E-state index in [0.717, 1.165) is 26.9 Å². The minimum Gasteiger partial charge on any atom is -0.324 e. The highest BCUT2D eigenvalue weighted by Gasteiger charge is 2.29. The molecule has 0 saturated carbocycles. The van der Waals surface area contributed by atoms with Crippen LogP contribution in [0, 0.1) is 5.82 Å². The number of halogens is 2. The summed E-state index contributed by atoms with van der Waals surface area (Å²) >= 11 is 3.44. The van der Waals surface area contributed by atoms with Crippen LogP contribution in [-0.2, 0) is 17.6 Å². The van der Waals surface area contributed by atoms with Gasteiger partial charge in [0.05, 0.1) is 6.20 Å². The zero-order chi connectivity index (χ0) is 21.3. The Labute approximate surface area is 181 Å². The molecular formula is C22H20BrFN4O2. The molecule has 154 valence electrons. The number of carbonyl (C=O) groups excluding carboxylic acids is 2. The van der Waals surface area contributed by atoms with Crippen molar-refractivity contribution >= 4 is 33.6 Å². The van der Waals surface area contributed by atoms with Gasteiger partial charge in [-0.15, -0.1) is 0 Å². The van der Waals surface area contributed by atoms with Crippen molar-refractivity contribution in [3.63, 3.8) is 0 Å². The molecule has 1 aliphatic heterocycles. The Hall–Kier alpha value is -3.00. The topological polar surface area (TPSA) is 67.2 Å². The van der Waals surface area contributed by atoms with E-state index in [1.165, 1.54) is 16.8 Å². The van der Waals surface area contributed by atoms with E-state index in [-0.39, 0.29) is 11.7 Å². The Morgan fingerprint density at radius 3 is 2.77 bits per heavy atom. The molecule has 2 heterocycles. The number of fused-ring (bicyclic) bond motifs is 1. The normalized spacial score (nSPS) is 16.2. The summed E-state index contributed by atoms with van der Waals surface area (Å²) in [6.07, 6.45) is 4.93. The Kier molecular flexibility index (Phi) is 5.67. The number of likely N-dealkylation sites (N-methyl/N-ethyl adjacent to an activating group) is 1. The van der Waals surface area contributed by atoms with Crippen molar-refractivity contribution < 1.29 is 14.0 Å². The van der Waals surface area contributed by atoms with Gasteiger partial charge in [0.25, 0.3) is 0 Å². The highest BCUT2D eigenvalue weighted by Crippen LogP contribution is 2.29. The summed E-state index contributed by atoms with van der Waals surface area (Å²) in [7, 11) is 1.72. The van der Waals surface area contributed by atoms with Gasteiger partial charge < -0.3 is 10.2 Å². The highest BCUT2D eigenvalue weighted by molar-refractivity contribution is 9.10. The van der Waals surface area contributed by atoms with Gasteiger partial charge in [0.1, 0.15) is 11.9 Å². The molecule has 1 aromatic heterocycles. The predicted octanol–water partition coefficient (Wildman–Crippen LogP) is 3.91. The first-order valence-electron chi connectivity index (χ1n) is 9.55. The number of aryl methyl sites for hydroxylation is 1. The second-order valence-electron chi connectivity index (χ2n) is 7.31. The molecule has 2 amide bonds. The molecule has 1 aliphatic rings. The zero-order valence-corrected chi connectivity index (χ0v) is 17.9. The molecule has 8 heteroatoms. The van der Waals surface area contributed by atoms with Crippen LogP contribution in [0.15, 0.2) is 59.3 Å². The van der Waals surface area contributed by atoms with Crippen molar-refractivity contribution in [3.05, 3.63) is 81.8 Å². The van der Waals surface area contributed by atoms with Gasteiger partial charge >= 0.3 is 6.03 Å². The standard InChI is InChI=1S/C22H20BrFN4O2/c1-27-20-11-17(23)6-4-16(20)5-9-19(21(27)29)26-22(30)28-13-15(12-25-28)10-14-2-7-18(24)8-3-14/h2-4,6-8,11-13,19H,5,9-10H2,1H3,(H,26,30)/t19-/m0/s1. The second kappa shape index (κ2) is 8.39. The Balaban J connectivity index is 1.44. The lowest BCUT2D eigenvalue weighted by Crippen LogP contribution is -2.48. The van der Waals surface area contributed by atoms with Gasteiger partial charge in [0.2, 0.25) is 5.91 Å². The van der Waals surface area contributed by atoms with Gasteiger partial charge in [0, 0.05) is 29.8 Å². The third kappa shape index (κ3) is 4.28. The van der Waals surface area contributed by atoms with E-state index in [9.17, 15) is 14.0 Å². The van der Waals surface area contributed by atoms with Gasteiger partial charge in [-0.1, -0.05) is 34.1 Å². The first kappa shape index (κ1) is 20.3. The van der Waals surface area contributed by atoms with E-state index >= 15 is 0 Å². The van der Waals surface area contributed by atoms with Crippen LogP contribution in [0.2, 0.25) is 0 Å². The van der Waals surface area contributed by atoms with Crippen LogP contribution in [0.25, 0.3) is 0 Å². The number of nitrogens with zero attached hydrogens (tertiary/aromatic N) is 3. The van der Waals surface area contributed by atoms with Crippen LogP contribution in [0.3, 0.4) is 0 Å². The fourth-order valence-electron chi connectivity index (χ4n) is 3.59. The Bertz CT molecular complexity index is 1100. The number of hydrogen-bond donors (Lipinski definition) is 1. The zero-order valence-electron chi connectivity index (χ0n) is 16.3. The molecule has 0 fully saturated rings. The smallest absolute Gasteiger partial charge is 0.324 e. The van der Waals surface area contributed by atoms with Crippen LogP contribution < -0.4 is 10.2 Å². The summed E-state index contributed by atoms with van der Waals surface area (Å²) in [5, 5.41) is 6.91. The number of anilines is 1. The van der Waals surface area contributed by atoms with E-state index in [4.69, 9.17) is 0 Å². The largest absolute Gasteiger partial charge is 0.342 e. The third-order valence-electron chi connectivity index (χ3n) is 5.20. The van der Waals surface area contributed by atoms with E-state index in [1.807, 2.05) is 18.2 Å².